The van der Waals surface area contributed by atoms with E-state index in [4.69, 9.17) is 94.5 Å². The molecule has 0 spiro atoms. The van der Waals surface area contributed by atoms with Crippen molar-refractivity contribution < 1.29 is 151 Å². The molecule has 0 saturated carbocycles. The Hall–Kier alpha value is -5.77. The van der Waals surface area contributed by atoms with Crippen molar-refractivity contribution in [3.8, 4) is 44.5 Å². The van der Waals surface area contributed by atoms with Gasteiger partial charge in [-0.15, -0.1) is 63.0 Å². The minimum absolute atomic E-state index is 0. The summed E-state index contributed by atoms with van der Waals surface area (Å²) in [4.78, 5) is 21.8. The first kappa shape index (κ1) is 67.7. The molecule has 7 aromatic heterocycles. The maximum absolute atomic E-state index is 8.49. The van der Waals surface area contributed by atoms with Gasteiger partial charge in [-0.3, -0.25) is 0 Å². The Bertz CT molecular complexity index is 2910. The fourth-order valence-electron chi connectivity index (χ4n) is 8.40. The van der Waals surface area contributed by atoms with Crippen LogP contribution in [0.1, 0.15) is 76.2 Å². The van der Waals surface area contributed by atoms with Gasteiger partial charge < -0.3 is 9.97 Å². The zero-order valence-corrected chi connectivity index (χ0v) is 47.5. The minimum atomic E-state index is -4.94. The van der Waals surface area contributed by atoms with Crippen molar-refractivity contribution in [2.24, 2.45) is 0 Å². The van der Waals surface area contributed by atoms with E-state index in [-0.39, 0.29) is 16.8 Å². The zero-order valence-electron chi connectivity index (χ0n) is 43.5. The molecule has 81 heavy (non-hydrogen) atoms. The van der Waals surface area contributed by atoms with Crippen LogP contribution in [-0.4, -0.2) is 9.97 Å². The van der Waals surface area contributed by atoms with Gasteiger partial charge in [0.05, 0.1) is 22.8 Å². The molecule has 0 aliphatic carbocycles. The molecule has 2 aliphatic rings. The molecular formula is C52H52Cl4CoN8O16. The first-order chi connectivity index (χ1) is 37.5. The number of fused-ring (bicyclic) bond motifs is 8. The molecule has 0 amide bonds. The van der Waals surface area contributed by atoms with Gasteiger partial charge in [-0.2, -0.15) is 0 Å². The van der Waals surface area contributed by atoms with E-state index in [0.717, 1.165) is 141 Å². The van der Waals surface area contributed by atoms with Crippen molar-refractivity contribution in [3.63, 3.8) is 0 Å². The van der Waals surface area contributed by atoms with Crippen LogP contribution in [-0.2, 0) is 43.0 Å². The molecular weight excluding hydrogens is 1190 g/mol. The molecule has 9 rings (SSSR count). The second-order valence-corrected chi connectivity index (χ2v) is 20.2. The van der Waals surface area contributed by atoms with Gasteiger partial charge in [-0.25, -0.2) is 103 Å². The van der Waals surface area contributed by atoms with E-state index in [1.54, 1.807) is 0 Å². The predicted octanol–water partition coefficient (Wildman–Crippen LogP) is -9.65. The molecule has 29 heteroatoms. The summed E-state index contributed by atoms with van der Waals surface area (Å²) in [6.07, 6.45) is 30.1. The van der Waals surface area contributed by atoms with Crippen molar-refractivity contribution in [2.45, 2.75) is 79.6 Å². The molecule has 433 valence electrons. The molecule has 2 aliphatic heterocycles. The van der Waals surface area contributed by atoms with Crippen molar-refractivity contribution in [2.75, 3.05) is 0 Å². The summed E-state index contributed by atoms with van der Waals surface area (Å²) in [7, 11) is -19.8. The van der Waals surface area contributed by atoms with Crippen molar-refractivity contribution in [1.82, 2.24) is 19.9 Å². The fourth-order valence-corrected chi connectivity index (χ4v) is 8.40. The molecule has 9 heterocycles. The van der Waals surface area contributed by atoms with Crippen LogP contribution in [0.2, 0.25) is 0 Å². The van der Waals surface area contributed by atoms with Crippen LogP contribution >= 0.6 is 0 Å². The van der Waals surface area contributed by atoms with Gasteiger partial charge in [0, 0.05) is 74.2 Å². The summed E-state index contributed by atoms with van der Waals surface area (Å²) >= 11 is 0. The van der Waals surface area contributed by atoms with Gasteiger partial charge in [0.15, 0.2) is 49.6 Å². The Morgan fingerprint density at radius 1 is 0.309 bits per heavy atom. The molecule has 0 atom stereocenters. The molecule has 0 aromatic carbocycles. The van der Waals surface area contributed by atoms with E-state index in [9.17, 15) is 0 Å². The van der Waals surface area contributed by atoms with E-state index >= 15 is 0 Å². The summed E-state index contributed by atoms with van der Waals surface area (Å²) in [6, 6.07) is 26.1. The number of rotatable bonds is 12. The third kappa shape index (κ3) is 22.8. The third-order valence-electron chi connectivity index (χ3n) is 11.3. The van der Waals surface area contributed by atoms with Crippen molar-refractivity contribution in [3.05, 3.63) is 145 Å². The van der Waals surface area contributed by atoms with Gasteiger partial charge in [0.1, 0.15) is 26.2 Å². The van der Waals surface area contributed by atoms with E-state index in [2.05, 4.69) is 193 Å². The van der Waals surface area contributed by atoms with E-state index in [1.165, 1.54) is 0 Å². The summed E-state index contributed by atoms with van der Waals surface area (Å²) in [5, 5.41) is 0. The summed E-state index contributed by atoms with van der Waals surface area (Å²) in [5.74, 6) is 0. The number of pyridine rings is 4. The van der Waals surface area contributed by atoms with Gasteiger partial charge in [0.25, 0.3) is 0 Å². The normalized spacial score (nSPS) is 11.9. The van der Waals surface area contributed by atoms with Crippen LogP contribution < -0.4 is 103 Å². The van der Waals surface area contributed by atoms with E-state index < -0.39 is 41.0 Å². The topological polar surface area (TPSA) is 438 Å². The van der Waals surface area contributed by atoms with Gasteiger partial charge in [-0.1, -0.05) is 52.0 Å². The number of aromatic nitrogens is 8. The smallest absolute Gasteiger partial charge is 0.657 e. The van der Waals surface area contributed by atoms with Crippen LogP contribution in [0.25, 0.3) is 90.9 Å². The second kappa shape index (κ2) is 30.5. The Balaban J connectivity index is 0.000000579. The Kier molecular flexibility index (Phi) is 25.5. The molecule has 8 bridgehead atoms. The van der Waals surface area contributed by atoms with Crippen LogP contribution in [0.4, 0.5) is 0 Å². The van der Waals surface area contributed by atoms with Gasteiger partial charge in [-0.05, 0) is 68.8 Å². The maximum Gasteiger partial charge on any atom is 2.00 e. The zero-order chi connectivity index (χ0) is 59.0. The van der Waals surface area contributed by atoms with Crippen molar-refractivity contribution >= 4 is 46.4 Å². The van der Waals surface area contributed by atoms with E-state index in [1.807, 2.05) is 0 Å². The summed E-state index contributed by atoms with van der Waals surface area (Å²) in [6.45, 7) is 12.6. The average molecular weight is 1250 g/mol. The molecule has 0 fully saturated rings. The maximum atomic E-state index is 8.49. The van der Waals surface area contributed by atoms with Crippen molar-refractivity contribution in [1.29, 1.82) is 0 Å². The van der Waals surface area contributed by atoms with Crippen LogP contribution in [0, 0.1) is 41.0 Å². The quantitative estimate of drug-likeness (QED) is 0.103. The molecule has 7 aromatic rings. The fraction of sp³-hybridized carbons (Fsp3) is 0.231. The van der Waals surface area contributed by atoms with Gasteiger partial charge in [0.2, 0.25) is 0 Å². The van der Waals surface area contributed by atoms with Crippen LogP contribution in [0.3, 0.4) is 0 Å². The average Bonchev–Trinajstić information content (AvgIpc) is 4.21. The Morgan fingerprint density at radius 3 is 0.617 bits per heavy atom. The molecule has 0 unspecified atom stereocenters. The Morgan fingerprint density at radius 2 is 0.469 bits per heavy atom. The van der Waals surface area contributed by atoms with Crippen LogP contribution in [0.5, 0.6) is 0 Å². The summed E-state index contributed by atoms with van der Waals surface area (Å²) in [5.41, 5.74) is 15.1. The molecule has 1 radical (unpaired) electrons. The van der Waals surface area contributed by atoms with Crippen LogP contribution in [0.15, 0.2) is 122 Å². The number of hydrogen-bond donors (Lipinski definition) is 0. The first-order valence-corrected chi connectivity index (χ1v) is 29.0. The molecule has 0 N–H and O–H groups in total. The number of halogens is 4. The molecule has 0 saturated heterocycles. The minimum Gasteiger partial charge on any atom is -0.657 e. The number of hydrogen-bond acceptors (Lipinski definition) is 18. The molecule has 24 nitrogen and oxygen atoms in total. The summed E-state index contributed by atoms with van der Waals surface area (Å²) < 4.78 is 145. The number of nitrogens with zero attached hydrogens (tertiary/aromatic N) is 8. The van der Waals surface area contributed by atoms with E-state index in [0.29, 0.717) is 0 Å². The largest absolute Gasteiger partial charge is 2.00 e. The predicted molar refractivity (Wildman–Crippen MR) is 240 cm³/mol. The number of aryl methyl sites for hydroxylation is 4. The Labute approximate surface area is 483 Å². The SMILES string of the molecule is CCC[n+]1ccc(-c2c3nc(c(-c4cc[n+](CCC)cc4)c4ccc([n-]4)c(-c4cc[n+](CCC)cc4)c4nc(c(-c5cc[n+](CCC)cc5)c5ccc2[n-]5)C=C4)C=C3)cc1.[Co+2].[O-][Cl+3]([O-])([O-])[O-].[O-][Cl+3]([O-])([O-])[O-].[O-][Cl+3]([O-])([O-])[O-].[O-][Cl+3]([O-])([O-])[O-]. The van der Waals surface area contributed by atoms with Gasteiger partial charge >= 0.3 is 16.8 Å². The first-order valence-electron chi connectivity index (χ1n) is 24.0. The standard InChI is InChI=1S/C52H52N8.4ClHO4.Co/c1-5-25-57-29-17-37(18-30-57)49-41-9-11-43(53-41)50(38-19-31-58(26-6-2)32-20-38)45-13-15-47(55-45)52(40-23-35-60(28-8-4)36-24-40)48-16-14-46(56-48)51(44-12-10-42(49)54-44)39-21-33-59(27-7-3)34-22-39;4*2-1(3,4)5;/h9-24,29-36H,5-8,25-28H2,1-4H3;4*(H,2,3,4,5);/q+2;;;;;+2/p-4. The third-order valence-corrected chi connectivity index (χ3v) is 11.3. The monoisotopic (exact) mass is 1240 g/mol. The second-order valence-electron chi connectivity index (χ2n) is 17.2.